The Morgan fingerprint density at radius 3 is 2.31 bits per heavy atom. The van der Waals surface area contributed by atoms with E-state index in [1.54, 1.807) is 30.0 Å². The summed E-state index contributed by atoms with van der Waals surface area (Å²) < 4.78 is 7.79. The van der Waals surface area contributed by atoms with Crippen molar-refractivity contribution in [3.63, 3.8) is 0 Å². The van der Waals surface area contributed by atoms with Gasteiger partial charge in [-0.15, -0.1) is 4.91 Å². The largest absolute Gasteiger partial charge is 0.465 e. The average Bonchev–Trinajstić information content (AvgIpc) is 2.83. The predicted octanol–water partition coefficient (Wildman–Crippen LogP) is 5.92. The first-order valence-corrected chi connectivity index (χ1v) is 13.4. The van der Waals surface area contributed by atoms with Crippen molar-refractivity contribution in [2.75, 3.05) is 32.8 Å². The number of nitrogens with zero attached hydrogens (tertiary/aromatic N) is 3. The molecule has 2 aromatic rings. The predicted molar refractivity (Wildman–Crippen MR) is 145 cm³/mol. The molecule has 0 N–H and O–H groups in total. The summed E-state index contributed by atoms with van der Waals surface area (Å²) in [4.78, 5) is 40.5. The highest BCUT2D eigenvalue weighted by atomic mass is 35.5. The van der Waals surface area contributed by atoms with Gasteiger partial charge in [0.25, 0.3) is 0 Å². The minimum Gasteiger partial charge on any atom is -0.465 e. The molecule has 7 nitrogen and oxygen atoms in total. The molecule has 3 rings (SSSR count). The highest BCUT2D eigenvalue weighted by molar-refractivity contribution is 7.99. The lowest BCUT2D eigenvalue weighted by molar-refractivity contribution is -0.151. The highest BCUT2D eigenvalue weighted by Gasteiger charge is 2.35. The lowest BCUT2D eigenvalue weighted by Gasteiger charge is -2.39. The van der Waals surface area contributed by atoms with E-state index in [1.165, 1.54) is 0 Å². The van der Waals surface area contributed by atoms with Crippen LogP contribution in [-0.4, -0.2) is 59.2 Å². The maximum atomic E-state index is 13.2. The van der Waals surface area contributed by atoms with Crippen LogP contribution < -0.4 is 0 Å². The van der Waals surface area contributed by atoms with Gasteiger partial charge in [0.15, 0.2) is 0 Å². The lowest BCUT2D eigenvalue weighted by atomic mass is 9.93. The van der Waals surface area contributed by atoms with E-state index >= 15 is 0 Å². The normalized spacial score (nSPS) is 15.4. The van der Waals surface area contributed by atoms with Gasteiger partial charge in [-0.1, -0.05) is 53.5 Å². The Kier molecular flexibility index (Phi) is 10.2. The molecular formula is C26H31Cl2N3O4S. The summed E-state index contributed by atoms with van der Waals surface area (Å²) in [5.74, 6) is -0.359. The van der Waals surface area contributed by atoms with Crippen LogP contribution in [0.25, 0.3) is 0 Å². The summed E-state index contributed by atoms with van der Waals surface area (Å²) in [7, 11) is 0. The van der Waals surface area contributed by atoms with Gasteiger partial charge in [0, 0.05) is 70.3 Å². The van der Waals surface area contributed by atoms with E-state index in [1.807, 2.05) is 38.1 Å². The SMILES string of the molecule is CCOC(=O)C(c1ccccc1Cc1c(Cl)cccc1Cl)N1CCN(C(=O)CC(C)(C)SN=O)CC1. The number of esters is 1. The third-order valence-electron chi connectivity index (χ3n) is 6.18. The minimum atomic E-state index is -0.620. The molecule has 1 heterocycles. The molecular weight excluding hydrogens is 521 g/mol. The number of benzene rings is 2. The van der Waals surface area contributed by atoms with Crippen molar-refractivity contribution in [1.82, 2.24) is 9.80 Å². The highest BCUT2D eigenvalue weighted by Crippen LogP contribution is 2.33. The fourth-order valence-corrected chi connectivity index (χ4v) is 5.31. The van der Waals surface area contributed by atoms with Crippen LogP contribution in [-0.2, 0) is 20.7 Å². The van der Waals surface area contributed by atoms with Crippen LogP contribution in [0.4, 0.5) is 0 Å². The van der Waals surface area contributed by atoms with E-state index < -0.39 is 10.8 Å². The average molecular weight is 553 g/mol. The number of piperazine rings is 1. The third kappa shape index (κ3) is 7.22. The number of ether oxygens (including phenoxy) is 1. The second-order valence-corrected chi connectivity index (χ2v) is 11.5. The van der Waals surface area contributed by atoms with E-state index in [9.17, 15) is 14.5 Å². The van der Waals surface area contributed by atoms with Crippen LogP contribution in [0.3, 0.4) is 0 Å². The van der Waals surface area contributed by atoms with Crippen molar-refractivity contribution in [2.45, 2.75) is 44.4 Å². The van der Waals surface area contributed by atoms with Crippen molar-refractivity contribution in [3.8, 4) is 0 Å². The molecule has 0 spiro atoms. The van der Waals surface area contributed by atoms with E-state index in [4.69, 9.17) is 27.9 Å². The Bertz CT molecular complexity index is 1070. The first kappa shape index (κ1) is 28.4. The first-order valence-electron chi connectivity index (χ1n) is 11.9. The molecule has 0 bridgehead atoms. The van der Waals surface area contributed by atoms with E-state index in [0.29, 0.717) is 42.6 Å². The van der Waals surface area contributed by atoms with Gasteiger partial charge in [-0.3, -0.25) is 9.69 Å². The quantitative estimate of drug-likeness (QED) is 0.207. The van der Waals surface area contributed by atoms with E-state index in [0.717, 1.165) is 28.6 Å². The van der Waals surface area contributed by atoms with Crippen molar-refractivity contribution in [3.05, 3.63) is 74.1 Å². The molecule has 36 heavy (non-hydrogen) atoms. The molecule has 1 unspecified atom stereocenters. The molecule has 0 radical (unpaired) electrons. The van der Waals surface area contributed by atoms with Crippen LogP contribution in [0, 0.1) is 4.91 Å². The number of halogens is 2. The number of amides is 1. The summed E-state index contributed by atoms with van der Waals surface area (Å²) in [5.41, 5.74) is 2.57. The number of carbonyl (C=O) groups excluding carboxylic acids is 2. The molecule has 1 saturated heterocycles. The standard InChI is InChI=1S/C26H31Cl2N3O4S/c1-4-35-25(33)24(31-14-12-30(13-15-31)23(32)17-26(2,3)36-29-34)19-9-6-5-8-18(19)16-20-21(27)10-7-11-22(20)28/h5-11,24H,4,12-17H2,1-3H3. The molecule has 0 saturated carbocycles. The van der Waals surface area contributed by atoms with Gasteiger partial charge in [-0.05, 0) is 49.6 Å². The molecule has 2 aromatic carbocycles. The Morgan fingerprint density at radius 2 is 1.69 bits per heavy atom. The van der Waals surface area contributed by atoms with Gasteiger partial charge < -0.3 is 9.64 Å². The van der Waals surface area contributed by atoms with Crippen LogP contribution >= 0.6 is 35.1 Å². The third-order valence-corrected chi connectivity index (χ3v) is 7.60. The van der Waals surface area contributed by atoms with Crippen molar-refractivity contribution in [2.24, 2.45) is 4.58 Å². The number of rotatable bonds is 10. The number of hydrogen-bond acceptors (Lipinski definition) is 7. The molecule has 0 aromatic heterocycles. The zero-order valence-corrected chi connectivity index (χ0v) is 23.0. The Morgan fingerprint density at radius 1 is 1.06 bits per heavy atom. The summed E-state index contributed by atoms with van der Waals surface area (Å²) in [6.07, 6.45) is 0.687. The minimum absolute atomic E-state index is 0.0303. The molecule has 1 atom stereocenters. The molecule has 10 heteroatoms. The van der Waals surface area contributed by atoms with Gasteiger partial charge in [-0.25, -0.2) is 4.79 Å². The van der Waals surface area contributed by atoms with Crippen LogP contribution in [0.2, 0.25) is 10.0 Å². The van der Waals surface area contributed by atoms with Crippen molar-refractivity contribution >= 4 is 47.0 Å². The van der Waals surface area contributed by atoms with Crippen molar-refractivity contribution in [1.29, 1.82) is 0 Å². The molecule has 1 aliphatic rings. The van der Waals surface area contributed by atoms with Gasteiger partial charge in [0.1, 0.15) is 6.04 Å². The molecule has 0 aliphatic carbocycles. The fourth-order valence-electron chi connectivity index (χ4n) is 4.39. The second kappa shape index (κ2) is 12.9. The Balaban J connectivity index is 1.82. The summed E-state index contributed by atoms with van der Waals surface area (Å²) in [6, 6.07) is 12.5. The molecule has 1 amide bonds. The summed E-state index contributed by atoms with van der Waals surface area (Å²) in [6.45, 7) is 7.67. The Hall–Kier alpha value is -2.13. The number of nitroso groups, excluding NO2 is 1. The maximum absolute atomic E-state index is 13.2. The second-order valence-electron chi connectivity index (χ2n) is 9.25. The Labute approximate surface area is 226 Å². The summed E-state index contributed by atoms with van der Waals surface area (Å²) >= 11 is 13.7. The maximum Gasteiger partial charge on any atom is 0.328 e. The van der Waals surface area contributed by atoms with Crippen molar-refractivity contribution < 1.29 is 14.3 Å². The molecule has 194 valence electrons. The molecule has 1 aliphatic heterocycles. The number of hydrogen-bond donors (Lipinski definition) is 0. The zero-order chi connectivity index (χ0) is 26.3. The fraction of sp³-hybridized carbons (Fsp3) is 0.462. The van der Waals surface area contributed by atoms with Gasteiger partial charge >= 0.3 is 5.97 Å². The number of carbonyl (C=O) groups is 2. The van der Waals surface area contributed by atoms with Gasteiger partial charge in [0.2, 0.25) is 5.91 Å². The zero-order valence-electron chi connectivity index (χ0n) is 20.7. The van der Waals surface area contributed by atoms with Gasteiger partial charge in [0.05, 0.1) is 6.61 Å². The van der Waals surface area contributed by atoms with Crippen LogP contribution in [0.1, 0.15) is 49.9 Å². The topological polar surface area (TPSA) is 79.3 Å². The van der Waals surface area contributed by atoms with E-state index in [2.05, 4.69) is 9.48 Å². The first-order chi connectivity index (χ1) is 17.2. The van der Waals surface area contributed by atoms with Gasteiger partial charge in [-0.2, -0.15) is 0 Å². The molecule has 1 fully saturated rings. The van der Waals surface area contributed by atoms with E-state index in [-0.39, 0.29) is 24.9 Å². The van der Waals surface area contributed by atoms with Crippen LogP contribution in [0.15, 0.2) is 47.0 Å². The summed E-state index contributed by atoms with van der Waals surface area (Å²) in [5, 5.41) is 1.14. The smallest absolute Gasteiger partial charge is 0.328 e. The monoisotopic (exact) mass is 551 g/mol. The van der Waals surface area contributed by atoms with Crippen LogP contribution in [0.5, 0.6) is 0 Å². The lowest BCUT2D eigenvalue weighted by Crippen LogP contribution is -2.52.